The van der Waals surface area contributed by atoms with Crippen LogP contribution in [0.25, 0.3) is 0 Å². The van der Waals surface area contributed by atoms with Crippen LogP contribution in [0.1, 0.15) is 129 Å². The molecule has 0 unspecified atom stereocenters. The van der Waals surface area contributed by atoms with E-state index in [0.29, 0.717) is 50.8 Å². The van der Waals surface area contributed by atoms with Crippen LogP contribution in [-0.4, -0.2) is 141 Å². The third-order valence-electron chi connectivity index (χ3n) is 13.0. The maximum Gasteiger partial charge on any atom is 0.306 e. The van der Waals surface area contributed by atoms with E-state index in [2.05, 4.69) is 21.3 Å². The number of nitrogens with one attached hydrogen (secondary N) is 4. The molecule has 2 heterocycles. The number of carbonyl (C=O) groups is 11. The number of hydrogen-bond donors (Lipinski definition) is 9. The predicted octanol–water partition coefficient (Wildman–Crippen LogP) is 0.704. The Morgan fingerprint density at radius 2 is 1.49 bits per heavy atom. The van der Waals surface area contributed by atoms with Gasteiger partial charge in [-0.05, 0) is 88.4 Å². The summed E-state index contributed by atoms with van der Waals surface area (Å²) in [7, 11) is 0. The van der Waals surface area contributed by atoms with E-state index in [1.165, 1.54) is 24.0 Å². The number of benzene rings is 1. The zero-order chi connectivity index (χ0) is 52.8. The SMILES string of the molecule is CC(C)C[C@H](CC(=O)CNC(=O)[C@@H](CC(=O)[C@H](CCC(N)=O)NC(=O)CCC(=O)[C@@H]1C[C@@H](O)CN1)Cc1ccc(O)cc1)C(=O)N[C@@H](C)C(=O)CCC(=O)N1CCC[C@H]1C(=O)C[C@@H](CCCCN)C(=O)O. The number of ketones is 5. The van der Waals surface area contributed by atoms with Crippen LogP contribution in [0, 0.1) is 23.7 Å². The van der Waals surface area contributed by atoms with Crippen LogP contribution in [0.15, 0.2) is 24.3 Å². The Balaban J connectivity index is 1.61. The minimum absolute atomic E-state index is 0.0346. The van der Waals surface area contributed by atoms with Crippen molar-refractivity contribution in [2.75, 3.05) is 26.2 Å². The van der Waals surface area contributed by atoms with Gasteiger partial charge in [-0.1, -0.05) is 32.4 Å². The molecule has 2 saturated heterocycles. The molecule has 8 atom stereocenters. The summed E-state index contributed by atoms with van der Waals surface area (Å²) in [6.45, 7) is 5.57. The Kier molecular flexibility index (Phi) is 25.1. The van der Waals surface area contributed by atoms with Gasteiger partial charge in [0.25, 0.3) is 0 Å². The first-order valence-corrected chi connectivity index (χ1v) is 24.8. The molecule has 3 rings (SSSR count). The van der Waals surface area contributed by atoms with Crippen molar-refractivity contribution in [3.8, 4) is 5.75 Å². The number of nitrogens with zero attached hydrogens (tertiary/aromatic N) is 1. The molecule has 1 aromatic rings. The summed E-state index contributed by atoms with van der Waals surface area (Å²) < 4.78 is 0. The molecule has 0 spiro atoms. The number of aromatic hydroxyl groups is 1. The van der Waals surface area contributed by atoms with E-state index in [1.807, 2.05) is 13.8 Å². The number of phenolic OH excluding ortho intramolecular Hbond substituents is 1. The van der Waals surface area contributed by atoms with E-state index in [4.69, 9.17) is 11.5 Å². The van der Waals surface area contributed by atoms with Gasteiger partial charge in [-0.2, -0.15) is 0 Å². The first-order valence-electron chi connectivity index (χ1n) is 24.8. The Bertz CT molecular complexity index is 2050. The Morgan fingerprint density at radius 1 is 0.789 bits per heavy atom. The number of nitrogens with two attached hydrogens (primary N) is 2. The number of carboxylic acids is 1. The van der Waals surface area contributed by atoms with E-state index >= 15 is 0 Å². The summed E-state index contributed by atoms with van der Waals surface area (Å²) in [6, 6.07) is 2.20. The fourth-order valence-electron chi connectivity index (χ4n) is 8.96. The number of carboxylic acid groups (broad SMARTS) is 1. The fourth-order valence-corrected chi connectivity index (χ4v) is 8.96. The summed E-state index contributed by atoms with van der Waals surface area (Å²) in [4.78, 5) is 145. The van der Waals surface area contributed by atoms with Crippen molar-refractivity contribution < 1.29 is 68.1 Å². The standard InChI is InChI=1S/C50H75N7O14/c1-29(2)21-33(49(69)55-30(3)41(61)15-18-47(67)57-20-6-8-40(57)44(64)24-32(50(70)71)7-4-5-19-51)23-36(59)28-54-48(68)34(22-31-9-11-35(58)12-10-31)25-43(63)38(13-16-45(52)65)56-46(66)17-14-42(62)39-26-37(60)27-53-39/h9-12,29-30,32-34,37-40,53,58,60H,4-8,13-28,51H2,1-3H3,(H2,52,65)(H,54,68)(H,55,69)(H,56,66)(H,70,71)/t30-,32+,33+,34+,37+,38-,39-,40-/m0/s1. The molecule has 0 bridgehead atoms. The first kappa shape index (κ1) is 59.4. The van der Waals surface area contributed by atoms with E-state index < -0.39 is 114 Å². The second kappa shape index (κ2) is 30.1. The third-order valence-corrected chi connectivity index (χ3v) is 13.0. The molecule has 21 nitrogen and oxygen atoms in total. The molecule has 2 fully saturated rings. The number of unbranched alkanes of at least 4 members (excludes halogenated alkanes) is 1. The van der Waals surface area contributed by atoms with Crippen LogP contribution < -0.4 is 32.7 Å². The number of primary amides is 1. The number of carbonyl (C=O) groups excluding carboxylic acids is 10. The number of amides is 5. The molecule has 0 aromatic heterocycles. The van der Waals surface area contributed by atoms with Gasteiger partial charge in [0.1, 0.15) is 11.5 Å². The van der Waals surface area contributed by atoms with E-state index in [9.17, 15) is 68.1 Å². The Morgan fingerprint density at radius 3 is 2.11 bits per heavy atom. The highest BCUT2D eigenvalue weighted by atomic mass is 16.4. The number of phenols is 1. The van der Waals surface area contributed by atoms with Crippen LogP contribution in [0.4, 0.5) is 0 Å². The number of aliphatic hydroxyl groups is 1. The maximum absolute atomic E-state index is 13.8. The zero-order valence-electron chi connectivity index (χ0n) is 41.3. The first-order chi connectivity index (χ1) is 33.6. The number of aliphatic carboxylic acids is 1. The summed E-state index contributed by atoms with van der Waals surface area (Å²) in [5, 5.41) is 39.9. The van der Waals surface area contributed by atoms with Gasteiger partial charge in [0.2, 0.25) is 29.5 Å². The van der Waals surface area contributed by atoms with Gasteiger partial charge in [-0.3, -0.25) is 52.7 Å². The predicted molar refractivity (Wildman–Crippen MR) is 258 cm³/mol. The average Bonchev–Trinajstić information content (AvgIpc) is 4.00. The zero-order valence-corrected chi connectivity index (χ0v) is 41.3. The lowest BCUT2D eigenvalue weighted by molar-refractivity contribution is -0.145. The van der Waals surface area contributed by atoms with Crippen molar-refractivity contribution in [1.82, 2.24) is 26.2 Å². The van der Waals surface area contributed by atoms with Crippen molar-refractivity contribution in [1.29, 1.82) is 0 Å². The highest BCUT2D eigenvalue weighted by Crippen LogP contribution is 2.25. The number of β-amino-alcohol motifs (C(OH)–C–C–N with tert-alkyl or cyclic N) is 1. The summed E-state index contributed by atoms with van der Waals surface area (Å²) >= 11 is 0. The minimum atomic E-state index is -1.26. The molecule has 71 heavy (non-hydrogen) atoms. The summed E-state index contributed by atoms with van der Waals surface area (Å²) in [5.74, 6) is -9.45. The smallest absolute Gasteiger partial charge is 0.306 e. The second-order valence-electron chi connectivity index (χ2n) is 19.4. The third kappa shape index (κ3) is 21.1. The van der Waals surface area contributed by atoms with Crippen LogP contribution in [0.3, 0.4) is 0 Å². The number of rotatable bonds is 34. The molecule has 0 aliphatic carbocycles. The van der Waals surface area contributed by atoms with Crippen LogP contribution in [0.5, 0.6) is 5.75 Å². The highest BCUT2D eigenvalue weighted by molar-refractivity contribution is 5.97. The van der Waals surface area contributed by atoms with Gasteiger partial charge in [-0.15, -0.1) is 0 Å². The normalized spacial score (nSPS) is 18.7. The quantitative estimate of drug-likeness (QED) is 0.0429. The lowest BCUT2D eigenvalue weighted by atomic mass is 9.89. The topological polar surface area (TPSA) is 352 Å². The maximum atomic E-state index is 13.8. The molecule has 0 radical (unpaired) electrons. The lowest BCUT2D eigenvalue weighted by Crippen LogP contribution is -2.45. The van der Waals surface area contributed by atoms with Crippen molar-refractivity contribution in [3.63, 3.8) is 0 Å². The molecule has 0 saturated carbocycles. The van der Waals surface area contributed by atoms with E-state index in [1.54, 1.807) is 12.1 Å². The molecule has 11 N–H and O–H groups in total. The average molecular weight is 998 g/mol. The molecular weight excluding hydrogens is 923 g/mol. The number of Topliss-reactive ketones (excluding diaryl/α,β-unsaturated/α-hetero) is 5. The molecule has 2 aliphatic heterocycles. The van der Waals surface area contributed by atoms with Gasteiger partial charge in [0.15, 0.2) is 23.1 Å². The lowest BCUT2D eigenvalue weighted by Gasteiger charge is -2.25. The van der Waals surface area contributed by atoms with Crippen molar-refractivity contribution in [2.24, 2.45) is 35.1 Å². The van der Waals surface area contributed by atoms with E-state index in [-0.39, 0.29) is 100 Å². The fraction of sp³-hybridized carbons (Fsp3) is 0.660. The van der Waals surface area contributed by atoms with Gasteiger partial charge >= 0.3 is 5.97 Å². The monoisotopic (exact) mass is 998 g/mol. The van der Waals surface area contributed by atoms with E-state index in [0.717, 1.165) is 0 Å². The van der Waals surface area contributed by atoms with Gasteiger partial charge in [-0.25, -0.2) is 0 Å². The Hall–Kier alpha value is -5.93. The van der Waals surface area contributed by atoms with Crippen molar-refractivity contribution >= 4 is 64.4 Å². The molecule has 5 amide bonds. The molecule has 1 aromatic carbocycles. The van der Waals surface area contributed by atoms with Crippen molar-refractivity contribution in [2.45, 2.75) is 160 Å². The summed E-state index contributed by atoms with van der Waals surface area (Å²) in [6.07, 6.45) is -0.210. The van der Waals surface area contributed by atoms with Gasteiger partial charge in [0, 0.05) is 76.3 Å². The number of likely N-dealkylation sites (tertiary alicyclic amines) is 1. The van der Waals surface area contributed by atoms with Crippen LogP contribution >= 0.6 is 0 Å². The second-order valence-corrected chi connectivity index (χ2v) is 19.4. The largest absolute Gasteiger partial charge is 0.508 e. The minimum Gasteiger partial charge on any atom is -0.508 e. The summed E-state index contributed by atoms with van der Waals surface area (Å²) in [5.41, 5.74) is 11.4. The van der Waals surface area contributed by atoms with Gasteiger partial charge < -0.3 is 53.0 Å². The molecule has 2 aliphatic rings. The van der Waals surface area contributed by atoms with Gasteiger partial charge in [0.05, 0.1) is 42.7 Å². The van der Waals surface area contributed by atoms with Crippen molar-refractivity contribution in [3.05, 3.63) is 29.8 Å². The number of aliphatic hydroxyl groups excluding tert-OH is 1. The molecular formula is C50H75N7O14. The number of hydrogen-bond acceptors (Lipinski definition) is 15. The highest BCUT2D eigenvalue weighted by Gasteiger charge is 2.37. The van der Waals surface area contributed by atoms with Crippen LogP contribution in [0.2, 0.25) is 0 Å². The molecule has 394 valence electrons. The molecule has 21 heteroatoms. The Labute approximate surface area is 414 Å². The van der Waals surface area contributed by atoms with Crippen LogP contribution in [-0.2, 0) is 59.2 Å².